The number of halogens is 2. The van der Waals surface area contributed by atoms with E-state index >= 15 is 8.78 Å². The summed E-state index contributed by atoms with van der Waals surface area (Å²) in [6.07, 6.45) is 7.01. The summed E-state index contributed by atoms with van der Waals surface area (Å²) in [6.45, 7) is 5.41. The zero-order chi connectivity index (χ0) is 29.2. The molecule has 0 spiro atoms. The number of nitrogens with one attached hydrogen (secondary N) is 3. The molecule has 1 atom stereocenters. The van der Waals surface area contributed by atoms with Gasteiger partial charge >= 0.3 is 0 Å². The van der Waals surface area contributed by atoms with Gasteiger partial charge in [0.1, 0.15) is 0 Å². The summed E-state index contributed by atoms with van der Waals surface area (Å²) in [5.74, 6) is -2.38. The van der Waals surface area contributed by atoms with Gasteiger partial charge in [-0.2, -0.15) is 0 Å². The number of hydrogen-bond donors (Lipinski definition) is 3. The van der Waals surface area contributed by atoms with E-state index in [-0.39, 0.29) is 29.6 Å². The maximum absolute atomic E-state index is 15.5. The highest BCUT2D eigenvalue weighted by molar-refractivity contribution is 6.08. The molecule has 1 aromatic carbocycles. The van der Waals surface area contributed by atoms with Crippen LogP contribution in [-0.4, -0.2) is 89.3 Å². The van der Waals surface area contributed by atoms with E-state index in [0.29, 0.717) is 54.1 Å². The number of carbonyl (C=O) groups excluding carboxylic acids is 1. The van der Waals surface area contributed by atoms with Crippen LogP contribution in [0.3, 0.4) is 0 Å². The Hall–Kier alpha value is -3.87. The maximum Gasteiger partial charge on any atom is 0.211 e. The highest BCUT2D eigenvalue weighted by Crippen LogP contribution is 2.41. The molecule has 1 aromatic heterocycles. The number of rotatable bonds is 13. The fourth-order valence-corrected chi connectivity index (χ4v) is 4.83. The van der Waals surface area contributed by atoms with Gasteiger partial charge in [0.2, 0.25) is 6.41 Å². The van der Waals surface area contributed by atoms with Crippen LogP contribution in [0.15, 0.2) is 24.5 Å². The van der Waals surface area contributed by atoms with E-state index in [4.69, 9.17) is 24.4 Å². The third-order valence-electron chi connectivity index (χ3n) is 7.08. The first-order valence-electron chi connectivity index (χ1n) is 13.3. The standard InChI is InChI=1S/C29H35F2N5O5/c1-38-25-13-26(39-2)29(31)27(28(25)30)22(19-3-8-41-17-19)11-20-16-34-24(12-23(20)35-18-37)21(14-32)15-33-4-5-36-6-9-40-10-7-36/h11-16,18-19,32-33H,3-10,17H2,1-2H3,(H,34,35,37)/b21-15+,22-11+,32-14?. The van der Waals surface area contributed by atoms with Crippen LogP contribution in [0, 0.1) is 23.0 Å². The van der Waals surface area contributed by atoms with E-state index in [0.717, 1.165) is 38.9 Å². The van der Waals surface area contributed by atoms with Crippen LogP contribution in [0.1, 0.15) is 23.2 Å². The van der Waals surface area contributed by atoms with Crippen LogP contribution >= 0.6 is 0 Å². The molecule has 10 nitrogen and oxygen atoms in total. The Bertz CT molecular complexity index is 1260. The molecule has 0 saturated carbocycles. The molecule has 2 aromatic rings. The van der Waals surface area contributed by atoms with Crippen molar-refractivity contribution >= 4 is 35.5 Å². The fraction of sp³-hybridized carbons (Fsp3) is 0.414. The minimum Gasteiger partial charge on any atom is -0.494 e. The predicted octanol–water partition coefficient (Wildman–Crippen LogP) is 3.43. The maximum atomic E-state index is 15.5. The van der Waals surface area contributed by atoms with Crippen LogP contribution in [-0.2, 0) is 14.3 Å². The number of benzene rings is 1. The Labute approximate surface area is 237 Å². The molecular formula is C29H35F2N5O5. The topological polar surface area (TPSA) is 118 Å². The van der Waals surface area contributed by atoms with Crippen molar-refractivity contribution in [3.63, 3.8) is 0 Å². The molecule has 0 bridgehead atoms. The number of amides is 1. The smallest absolute Gasteiger partial charge is 0.211 e. The summed E-state index contributed by atoms with van der Waals surface area (Å²) >= 11 is 0. The molecule has 2 aliphatic heterocycles. The molecule has 12 heteroatoms. The molecule has 2 fully saturated rings. The Morgan fingerprint density at radius 1 is 1.15 bits per heavy atom. The molecule has 4 rings (SSSR count). The number of allylic oxidation sites excluding steroid dienone is 1. The molecular weight excluding hydrogens is 536 g/mol. The summed E-state index contributed by atoms with van der Waals surface area (Å²) in [6, 6.07) is 2.77. The molecule has 0 aliphatic carbocycles. The SMILES string of the molecule is COc1cc(OC)c(F)c(/C(=C/c2cnc(/C(C=N)=C/NCCN3CCOCC3)cc2NC=O)C2CCOC2)c1F. The summed E-state index contributed by atoms with van der Waals surface area (Å²) in [5.41, 5.74) is 1.75. The number of anilines is 1. The average molecular weight is 572 g/mol. The largest absolute Gasteiger partial charge is 0.494 e. The van der Waals surface area contributed by atoms with Crippen molar-refractivity contribution in [1.29, 1.82) is 5.41 Å². The summed E-state index contributed by atoms with van der Waals surface area (Å²) in [5, 5.41) is 13.8. The Kier molecular flexibility index (Phi) is 10.8. The lowest BCUT2D eigenvalue weighted by Crippen LogP contribution is -2.39. The van der Waals surface area contributed by atoms with Crippen LogP contribution in [0.2, 0.25) is 0 Å². The van der Waals surface area contributed by atoms with Gasteiger partial charge in [0.15, 0.2) is 23.1 Å². The number of carbonyl (C=O) groups is 1. The second kappa shape index (κ2) is 14.7. The van der Waals surface area contributed by atoms with E-state index < -0.39 is 11.6 Å². The van der Waals surface area contributed by atoms with E-state index in [1.807, 2.05) is 0 Å². The van der Waals surface area contributed by atoms with E-state index in [9.17, 15) is 4.79 Å². The van der Waals surface area contributed by atoms with Crippen molar-refractivity contribution in [2.24, 2.45) is 5.92 Å². The van der Waals surface area contributed by atoms with Crippen molar-refractivity contribution < 1.29 is 32.5 Å². The average Bonchev–Trinajstić information content (AvgIpc) is 3.53. The predicted molar refractivity (Wildman–Crippen MR) is 152 cm³/mol. The van der Waals surface area contributed by atoms with Gasteiger partial charge in [0.25, 0.3) is 0 Å². The number of nitrogens with zero attached hydrogens (tertiary/aromatic N) is 2. The lowest BCUT2D eigenvalue weighted by Gasteiger charge is -2.26. The van der Waals surface area contributed by atoms with Gasteiger partial charge in [0, 0.05) is 74.5 Å². The van der Waals surface area contributed by atoms with E-state index in [1.54, 1.807) is 18.3 Å². The minimum absolute atomic E-state index is 0.162. The molecule has 41 heavy (non-hydrogen) atoms. The molecule has 3 heterocycles. The third kappa shape index (κ3) is 7.26. The van der Waals surface area contributed by atoms with Gasteiger partial charge in [-0.15, -0.1) is 0 Å². The second-order valence-corrected chi connectivity index (χ2v) is 9.52. The monoisotopic (exact) mass is 571 g/mol. The second-order valence-electron chi connectivity index (χ2n) is 9.52. The van der Waals surface area contributed by atoms with Gasteiger partial charge in [0.05, 0.1) is 51.0 Å². The quantitative estimate of drug-likeness (QED) is 0.190. The lowest BCUT2D eigenvalue weighted by atomic mass is 9.89. The Balaban J connectivity index is 1.69. The Morgan fingerprint density at radius 2 is 1.88 bits per heavy atom. The number of morpholine rings is 1. The van der Waals surface area contributed by atoms with Crippen molar-refractivity contribution in [2.45, 2.75) is 6.42 Å². The van der Waals surface area contributed by atoms with Crippen molar-refractivity contribution in [2.75, 3.05) is 72.1 Å². The lowest BCUT2D eigenvalue weighted by molar-refractivity contribution is -0.105. The molecule has 0 radical (unpaired) electrons. The first-order valence-corrected chi connectivity index (χ1v) is 13.3. The number of hydrogen-bond acceptors (Lipinski definition) is 9. The van der Waals surface area contributed by atoms with Crippen molar-refractivity contribution in [1.82, 2.24) is 15.2 Å². The molecule has 3 N–H and O–H groups in total. The zero-order valence-corrected chi connectivity index (χ0v) is 23.2. The first kappa shape index (κ1) is 30.1. The number of methoxy groups -OCH3 is 2. The number of pyridine rings is 1. The summed E-state index contributed by atoms with van der Waals surface area (Å²) in [4.78, 5) is 18.3. The highest BCUT2D eigenvalue weighted by Gasteiger charge is 2.30. The van der Waals surface area contributed by atoms with E-state index in [2.05, 4.69) is 20.5 Å². The normalized spacial score (nSPS) is 18.2. The third-order valence-corrected chi connectivity index (χ3v) is 7.08. The first-order chi connectivity index (χ1) is 20.0. The van der Waals surface area contributed by atoms with Crippen molar-refractivity contribution in [3.8, 4) is 11.5 Å². The molecule has 220 valence electrons. The fourth-order valence-electron chi connectivity index (χ4n) is 4.83. The minimum atomic E-state index is -0.865. The van der Waals surface area contributed by atoms with Gasteiger partial charge in [-0.05, 0) is 24.1 Å². The van der Waals surface area contributed by atoms with Crippen molar-refractivity contribution in [3.05, 3.63) is 53.0 Å². The van der Waals surface area contributed by atoms with Crippen LogP contribution in [0.5, 0.6) is 11.5 Å². The van der Waals surface area contributed by atoms with Gasteiger partial charge in [-0.3, -0.25) is 14.7 Å². The molecule has 1 amide bonds. The zero-order valence-electron chi connectivity index (χ0n) is 23.2. The number of ether oxygens (including phenoxy) is 4. The highest BCUT2D eigenvalue weighted by atomic mass is 19.1. The van der Waals surface area contributed by atoms with Gasteiger partial charge in [-0.1, -0.05) is 0 Å². The number of aromatic nitrogens is 1. The summed E-state index contributed by atoms with van der Waals surface area (Å²) < 4.78 is 52.3. The van der Waals surface area contributed by atoms with Crippen LogP contribution < -0.4 is 20.1 Å². The molecule has 1 unspecified atom stereocenters. The van der Waals surface area contributed by atoms with Crippen LogP contribution in [0.25, 0.3) is 17.2 Å². The van der Waals surface area contributed by atoms with Gasteiger partial charge in [-0.25, -0.2) is 8.78 Å². The Morgan fingerprint density at radius 3 is 2.49 bits per heavy atom. The molecule has 2 aliphatic rings. The van der Waals surface area contributed by atoms with Gasteiger partial charge < -0.3 is 35.0 Å². The van der Waals surface area contributed by atoms with E-state index in [1.165, 1.54) is 26.6 Å². The van der Waals surface area contributed by atoms with Crippen LogP contribution in [0.4, 0.5) is 14.5 Å². The molecule has 2 saturated heterocycles. The summed E-state index contributed by atoms with van der Waals surface area (Å²) in [7, 11) is 2.59.